The molecule has 186 valence electrons. The summed E-state index contributed by atoms with van der Waals surface area (Å²) in [5, 5.41) is 21.1. The van der Waals surface area contributed by atoms with Crippen LogP contribution in [-0.4, -0.2) is 54.0 Å². The SMILES string of the molecule is O=C(Nc1ccc(-c2n[nH]c(C3CC3)n2)cc1)C1CCN(c2ccc3nnc(C(F)(F)F)n3n2)CC1. The van der Waals surface area contributed by atoms with Crippen molar-refractivity contribution in [1.29, 1.82) is 0 Å². The highest BCUT2D eigenvalue weighted by atomic mass is 19.4. The van der Waals surface area contributed by atoms with E-state index in [0.29, 0.717) is 53.7 Å². The second-order valence-corrected chi connectivity index (χ2v) is 9.13. The number of piperidine rings is 1. The molecule has 2 aliphatic rings. The molecule has 13 heteroatoms. The highest BCUT2D eigenvalue weighted by Gasteiger charge is 2.38. The Kier molecular flexibility index (Phi) is 5.34. The van der Waals surface area contributed by atoms with Crippen molar-refractivity contribution < 1.29 is 18.0 Å². The van der Waals surface area contributed by atoms with Crippen molar-refractivity contribution in [2.75, 3.05) is 23.3 Å². The number of rotatable bonds is 5. The summed E-state index contributed by atoms with van der Waals surface area (Å²) >= 11 is 0. The van der Waals surface area contributed by atoms with E-state index in [1.807, 2.05) is 29.2 Å². The summed E-state index contributed by atoms with van der Waals surface area (Å²) in [6, 6.07) is 10.5. The highest BCUT2D eigenvalue weighted by molar-refractivity contribution is 5.92. The predicted octanol–water partition coefficient (Wildman–Crippen LogP) is 3.66. The smallest absolute Gasteiger partial charge is 0.355 e. The average molecular weight is 497 g/mol. The monoisotopic (exact) mass is 497 g/mol. The van der Waals surface area contributed by atoms with Crippen LogP contribution in [0.5, 0.6) is 0 Å². The molecule has 1 aromatic carbocycles. The lowest BCUT2D eigenvalue weighted by atomic mass is 9.95. The molecule has 36 heavy (non-hydrogen) atoms. The fraction of sp³-hybridized carbons (Fsp3) is 0.391. The van der Waals surface area contributed by atoms with Gasteiger partial charge in [-0.3, -0.25) is 9.89 Å². The van der Waals surface area contributed by atoms with Crippen LogP contribution >= 0.6 is 0 Å². The fourth-order valence-corrected chi connectivity index (χ4v) is 4.39. The molecule has 2 fully saturated rings. The van der Waals surface area contributed by atoms with Crippen molar-refractivity contribution in [3.05, 3.63) is 48.0 Å². The van der Waals surface area contributed by atoms with Crippen molar-refractivity contribution in [1.82, 2.24) is 35.0 Å². The summed E-state index contributed by atoms with van der Waals surface area (Å²) in [4.78, 5) is 19.2. The Balaban J connectivity index is 1.07. The Morgan fingerprint density at radius 3 is 2.44 bits per heavy atom. The van der Waals surface area contributed by atoms with Gasteiger partial charge in [0.05, 0.1) is 0 Å². The van der Waals surface area contributed by atoms with E-state index in [4.69, 9.17) is 0 Å². The number of carbonyl (C=O) groups excluding carboxylic acids is 1. The minimum absolute atomic E-state index is 0.0257. The van der Waals surface area contributed by atoms with Gasteiger partial charge in [-0.2, -0.15) is 22.8 Å². The number of benzene rings is 1. The van der Waals surface area contributed by atoms with E-state index in [1.54, 1.807) is 6.07 Å². The summed E-state index contributed by atoms with van der Waals surface area (Å²) in [6.07, 6.45) is -1.25. The number of carbonyl (C=O) groups is 1. The number of amides is 1. The summed E-state index contributed by atoms with van der Waals surface area (Å²) < 4.78 is 40.2. The maximum absolute atomic E-state index is 13.2. The number of hydrogen-bond acceptors (Lipinski definition) is 7. The van der Waals surface area contributed by atoms with Crippen LogP contribution in [0.1, 0.15) is 43.3 Å². The van der Waals surface area contributed by atoms with Gasteiger partial charge in [0.25, 0.3) is 5.82 Å². The third-order valence-electron chi connectivity index (χ3n) is 6.57. The number of H-pyrrole nitrogens is 1. The van der Waals surface area contributed by atoms with Gasteiger partial charge < -0.3 is 10.2 Å². The van der Waals surface area contributed by atoms with Crippen LogP contribution in [0, 0.1) is 5.92 Å². The number of aromatic nitrogens is 7. The fourth-order valence-electron chi connectivity index (χ4n) is 4.39. The Hall–Kier alpha value is -4.03. The standard InChI is InChI=1S/C23H22F3N9O/c24-23(25,26)22-32-29-17-7-8-18(33-35(17)22)34-11-9-15(10-12-34)21(36)27-16-5-3-14(4-6-16)20-28-19(30-31-20)13-1-2-13/h3-8,13,15H,1-2,9-12H2,(H,27,36)(H,28,30,31). The molecule has 0 atom stereocenters. The van der Waals surface area contributed by atoms with E-state index in [9.17, 15) is 18.0 Å². The van der Waals surface area contributed by atoms with Crippen LogP contribution in [-0.2, 0) is 11.0 Å². The normalized spacial score (nSPS) is 17.0. The molecule has 2 N–H and O–H groups in total. The molecule has 1 amide bonds. The molecule has 6 rings (SSSR count). The van der Waals surface area contributed by atoms with Crippen molar-refractivity contribution in [2.45, 2.75) is 37.8 Å². The molecule has 4 aromatic rings. The summed E-state index contributed by atoms with van der Waals surface area (Å²) in [6.45, 7) is 0.986. The summed E-state index contributed by atoms with van der Waals surface area (Å²) in [5.41, 5.74) is 1.58. The predicted molar refractivity (Wildman–Crippen MR) is 123 cm³/mol. The van der Waals surface area contributed by atoms with E-state index >= 15 is 0 Å². The van der Waals surface area contributed by atoms with Gasteiger partial charge in [0.15, 0.2) is 11.5 Å². The topological polar surface area (TPSA) is 117 Å². The Labute approximate surface area is 202 Å². The van der Waals surface area contributed by atoms with Gasteiger partial charge in [0, 0.05) is 36.2 Å². The molecule has 1 aliphatic carbocycles. The van der Waals surface area contributed by atoms with Gasteiger partial charge >= 0.3 is 6.18 Å². The molecule has 0 radical (unpaired) electrons. The van der Waals surface area contributed by atoms with Gasteiger partial charge in [0.2, 0.25) is 5.91 Å². The number of anilines is 2. The van der Waals surface area contributed by atoms with Gasteiger partial charge in [-0.05, 0) is 62.1 Å². The first-order valence-corrected chi connectivity index (χ1v) is 11.7. The molecule has 1 saturated carbocycles. The molecule has 4 heterocycles. The minimum atomic E-state index is -4.65. The minimum Gasteiger partial charge on any atom is -0.355 e. The lowest BCUT2D eigenvalue weighted by Gasteiger charge is -2.32. The van der Waals surface area contributed by atoms with Crippen molar-refractivity contribution >= 4 is 23.1 Å². The maximum atomic E-state index is 13.2. The number of halogens is 3. The van der Waals surface area contributed by atoms with Crippen LogP contribution in [0.4, 0.5) is 24.7 Å². The Bertz CT molecular complexity index is 1400. The van der Waals surface area contributed by atoms with Crippen molar-refractivity contribution in [3.8, 4) is 11.4 Å². The van der Waals surface area contributed by atoms with Crippen LogP contribution in [0.25, 0.3) is 17.0 Å². The lowest BCUT2D eigenvalue weighted by Crippen LogP contribution is -2.38. The molecule has 1 aliphatic heterocycles. The first-order valence-electron chi connectivity index (χ1n) is 11.7. The molecule has 0 bridgehead atoms. The zero-order chi connectivity index (χ0) is 24.9. The Morgan fingerprint density at radius 1 is 1.00 bits per heavy atom. The maximum Gasteiger partial charge on any atom is 0.453 e. The summed E-state index contributed by atoms with van der Waals surface area (Å²) in [5.74, 6) is 0.992. The van der Waals surface area contributed by atoms with Gasteiger partial charge in [0.1, 0.15) is 11.6 Å². The number of nitrogens with one attached hydrogen (secondary N) is 2. The quantitative estimate of drug-likeness (QED) is 0.432. The molecular weight excluding hydrogens is 475 g/mol. The van der Waals surface area contributed by atoms with Gasteiger partial charge in [-0.15, -0.1) is 15.3 Å². The summed E-state index contributed by atoms with van der Waals surface area (Å²) in [7, 11) is 0. The number of fused-ring (bicyclic) bond motifs is 1. The molecule has 0 unspecified atom stereocenters. The van der Waals surface area contributed by atoms with Gasteiger partial charge in [-0.25, -0.2) is 4.98 Å². The molecule has 3 aromatic heterocycles. The molecule has 10 nitrogen and oxygen atoms in total. The second-order valence-electron chi connectivity index (χ2n) is 9.13. The van der Waals surface area contributed by atoms with Gasteiger partial charge in [-0.1, -0.05) is 0 Å². The highest BCUT2D eigenvalue weighted by Crippen LogP contribution is 2.38. The number of hydrogen-bond donors (Lipinski definition) is 2. The first-order chi connectivity index (χ1) is 17.3. The van der Waals surface area contributed by atoms with E-state index in [2.05, 4.69) is 35.8 Å². The largest absolute Gasteiger partial charge is 0.453 e. The number of aromatic amines is 1. The molecular formula is C23H22F3N9O. The van der Waals surface area contributed by atoms with Crippen LogP contribution in [0.15, 0.2) is 36.4 Å². The molecule has 1 saturated heterocycles. The number of alkyl halides is 3. The first kappa shape index (κ1) is 22.4. The van der Waals surface area contributed by atoms with Crippen LogP contribution in [0.3, 0.4) is 0 Å². The van der Waals surface area contributed by atoms with Crippen LogP contribution in [0.2, 0.25) is 0 Å². The van der Waals surface area contributed by atoms with E-state index in [1.165, 1.54) is 6.07 Å². The van der Waals surface area contributed by atoms with E-state index in [-0.39, 0.29) is 17.5 Å². The lowest BCUT2D eigenvalue weighted by molar-refractivity contribution is -0.146. The second kappa shape index (κ2) is 8.57. The molecule has 0 spiro atoms. The third-order valence-corrected chi connectivity index (χ3v) is 6.57. The van der Waals surface area contributed by atoms with E-state index < -0.39 is 12.0 Å². The third kappa shape index (κ3) is 4.36. The zero-order valence-corrected chi connectivity index (χ0v) is 19.0. The van der Waals surface area contributed by atoms with Crippen molar-refractivity contribution in [3.63, 3.8) is 0 Å². The zero-order valence-electron chi connectivity index (χ0n) is 19.0. The average Bonchev–Trinajstić information content (AvgIpc) is 3.43. The Morgan fingerprint density at radius 2 is 1.75 bits per heavy atom. The van der Waals surface area contributed by atoms with E-state index in [0.717, 1.165) is 24.2 Å². The van der Waals surface area contributed by atoms with Crippen molar-refractivity contribution in [2.24, 2.45) is 5.92 Å². The van der Waals surface area contributed by atoms with Crippen LogP contribution < -0.4 is 10.2 Å². The number of nitrogens with zero attached hydrogens (tertiary/aromatic N) is 7.